The molecule has 0 saturated heterocycles. The van der Waals surface area contributed by atoms with Crippen LogP contribution in [0.15, 0.2) is 55.1 Å². The van der Waals surface area contributed by atoms with E-state index in [9.17, 15) is 4.79 Å². The van der Waals surface area contributed by atoms with Crippen molar-refractivity contribution >= 4 is 29.2 Å². The van der Waals surface area contributed by atoms with Crippen LogP contribution in [0.2, 0.25) is 10.0 Å². The van der Waals surface area contributed by atoms with Gasteiger partial charge in [0.05, 0.1) is 5.56 Å². The molecule has 0 unspecified atom stereocenters. The Hall–Kier alpha value is -1.97. The Morgan fingerprint density at radius 3 is 2.73 bits per heavy atom. The van der Waals surface area contributed by atoms with E-state index in [1.165, 1.54) is 6.08 Å². The highest BCUT2D eigenvalue weighted by Gasteiger charge is 2.08. The number of hydrogen-bond acceptors (Lipinski definition) is 3. The monoisotopic (exact) mass is 336 g/mol. The maximum absolute atomic E-state index is 11.8. The van der Waals surface area contributed by atoms with E-state index < -0.39 is 5.97 Å². The van der Waals surface area contributed by atoms with Crippen LogP contribution >= 0.6 is 23.2 Å². The van der Waals surface area contributed by atoms with Crippen LogP contribution in [0.1, 0.15) is 15.9 Å². The molecular formula is C17H14Cl2O3. The van der Waals surface area contributed by atoms with Gasteiger partial charge >= 0.3 is 5.97 Å². The fraction of sp³-hybridized carbons (Fsp3) is 0.118. The van der Waals surface area contributed by atoms with Crippen LogP contribution in [0.25, 0.3) is 0 Å². The summed E-state index contributed by atoms with van der Waals surface area (Å²) in [6, 6.07) is 12.0. The number of ether oxygens (including phenoxy) is 2. The topological polar surface area (TPSA) is 35.5 Å². The minimum Gasteiger partial charge on any atom is -0.489 e. The van der Waals surface area contributed by atoms with E-state index in [1.807, 2.05) is 0 Å². The minimum absolute atomic E-state index is 0.171. The van der Waals surface area contributed by atoms with Crippen LogP contribution in [0.3, 0.4) is 0 Å². The van der Waals surface area contributed by atoms with E-state index in [1.54, 1.807) is 42.5 Å². The first-order chi connectivity index (χ1) is 10.6. The predicted molar refractivity (Wildman–Crippen MR) is 87.7 cm³/mol. The van der Waals surface area contributed by atoms with Gasteiger partial charge in [0.15, 0.2) is 0 Å². The van der Waals surface area contributed by atoms with Crippen LogP contribution in [0.4, 0.5) is 0 Å². The largest absolute Gasteiger partial charge is 0.489 e. The lowest BCUT2D eigenvalue weighted by Crippen LogP contribution is -2.05. The van der Waals surface area contributed by atoms with Gasteiger partial charge in [-0.1, -0.05) is 48.0 Å². The third-order valence-corrected chi connectivity index (χ3v) is 3.40. The second kappa shape index (κ2) is 7.87. The number of halogens is 2. The molecule has 2 aromatic rings. The van der Waals surface area contributed by atoms with Crippen LogP contribution in [0.5, 0.6) is 5.75 Å². The fourth-order valence-corrected chi connectivity index (χ4v) is 2.19. The summed E-state index contributed by atoms with van der Waals surface area (Å²) in [6.07, 6.45) is 1.51. The van der Waals surface area contributed by atoms with Crippen molar-refractivity contribution in [2.75, 3.05) is 6.61 Å². The number of rotatable bonds is 6. The molecule has 0 spiro atoms. The Morgan fingerprint density at radius 2 is 2.00 bits per heavy atom. The summed E-state index contributed by atoms with van der Waals surface area (Å²) >= 11 is 11.9. The summed E-state index contributed by atoms with van der Waals surface area (Å²) in [7, 11) is 0. The molecule has 3 nitrogen and oxygen atoms in total. The van der Waals surface area contributed by atoms with Crippen molar-refractivity contribution in [3.05, 3.63) is 76.3 Å². The Morgan fingerprint density at radius 1 is 1.18 bits per heavy atom. The summed E-state index contributed by atoms with van der Waals surface area (Å²) in [6.45, 7) is 3.95. The molecule has 2 aromatic carbocycles. The summed E-state index contributed by atoms with van der Waals surface area (Å²) < 4.78 is 10.6. The van der Waals surface area contributed by atoms with Crippen molar-refractivity contribution < 1.29 is 14.3 Å². The molecule has 0 saturated carbocycles. The molecule has 0 aliphatic rings. The van der Waals surface area contributed by atoms with Crippen LogP contribution < -0.4 is 4.74 Å². The highest BCUT2D eigenvalue weighted by Crippen LogP contribution is 2.23. The van der Waals surface area contributed by atoms with Gasteiger partial charge in [-0.25, -0.2) is 4.79 Å². The zero-order chi connectivity index (χ0) is 15.9. The average Bonchev–Trinajstić information content (AvgIpc) is 2.52. The van der Waals surface area contributed by atoms with E-state index in [-0.39, 0.29) is 13.2 Å². The molecule has 114 valence electrons. The first kappa shape index (κ1) is 16.4. The molecule has 0 N–H and O–H groups in total. The maximum Gasteiger partial charge on any atom is 0.338 e. The lowest BCUT2D eigenvalue weighted by Gasteiger charge is -2.09. The summed E-state index contributed by atoms with van der Waals surface area (Å²) in [5, 5.41) is 1.11. The Balaban J connectivity index is 2.04. The second-order valence-corrected chi connectivity index (χ2v) is 5.28. The first-order valence-electron chi connectivity index (χ1n) is 6.55. The van der Waals surface area contributed by atoms with E-state index in [0.29, 0.717) is 21.4 Å². The summed E-state index contributed by atoms with van der Waals surface area (Å²) in [4.78, 5) is 11.8. The van der Waals surface area contributed by atoms with Gasteiger partial charge in [-0.2, -0.15) is 0 Å². The fourth-order valence-electron chi connectivity index (χ4n) is 1.73. The summed E-state index contributed by atoms with van der Waals surface area (Å²) in [5.41, 5.74) is 1.23. The van der Waals surface area contributed by atoms with Crippen molar-refractivity contribution in [2.45, 2.75) is 6.61 Å². The van der Waals surface area contributed by atoms with Gasteiger partial charge < -0.3 is 9.47 Å². The number of carbonyl (C=O) groups excluding carboxylic acids is 1. The predicted octanol–water partition coefficient (Wildman–Crippen LogP) is 4.92. The van der Waals surface area contributed by atoms with Crippen molar-refractivity contribution in [1.82, 2.24) is 0 Å². The van der Waals surface area contributed by atoms with Gasteiger partial charge in [0.2, 0.25) is 0 Å². The highest BCUT2D eigenvalue weighted by molar-refractivity contribution is 6.35. The Labute approximate surface area is 139 Å². The number of hydrogen-bond donors (Lipinski definition) is 0. The number of benzene rings is 2. The molecular weight excluding hydrogens is 323 g/mol. The van der Waals surface area contributed by atoms with Crippen LogP contribution in [-0.4, -0.2) is 12.6 Å². The molecule has 0 heterocycles. The van der Waals surface area contributed by atoms with Gasteiger partial charge in [-0.3, -0.25) is 0 Å². The van der Waals surface area contributed by atoms with Crippen LogP contribution in [-0.2, 0) is 11.3 Å². The standard InChI is InChI=1S/C17H14Cl2O3/c1-2-8-21-17(20)12-4-3-5-15(9-12)22-11-13-6-7-14(18)10-16(13)19/h2-7,9-10H,1,8,11H2. The zero-order valence-corrected chi connectivity index (χ0v) is 13.2. The van der Waals surface area contributed by atoms with Crippen molar-refractivity contribution in [3.8, 4) is 5.75 Å². The Kier molecular flexibility index (Phi) is 5.87. The van der Waals surface area contributed by atoms with Crippen molar-refractivity contribution in [2.24, 2.45) is 0 Å². The molecule has 0 fully saturated rings. The molecule has 0 aliphatic heterocycles. The Bertz CT molecular complexity index is 683. The van der Waals surface area contributed by atoms with Crippen LogP contribution in [0, 0.1) is 0 Å². The van der Waals surface area contributed by atoms with Crippen molar-refractivity contribution in [1.29, 1.82) is 0 Å². The molecule has 0 atom stereocenters. The van der Waals surface area contributed by atoms with E-state index >= 15 is 0 Å². The third kappa shape index (κ3) is 4.52. The normalized spacial score (nSPS) is 10.1. The third-order valence-electron chi connectivity index (χ3n) is 2.81. The van der Waals surface area contributed by atoms with E-state index in [0.717, 1.165) is 5.56 Å². The summed E-state index contributed by atoms with van der Waals surface area (Å²) in [5.74, 6) is 0.133. The molecule has 0 aromatic heterocycles. The average molecular weight is 337 g/mol. The lowest BCUT2D eigenvalue weighted by molar-refractivity contribution is 0.0549. The number of carbonyl (C=O) groups is 1. The molecule has 0 radical (unpaired) electrons. The lowest BCUT2D eigenvalue weighted by atomic mass is 10.2. The van der Waals surface area contributed by atoms with Gasteiger partial charge in [-0.05, 0) is 30.3 Å². The molecule has 0 aliphatic carbocycles. The van der Waals surface area contributed by atoms with E-state index in [4.69, 9.17) is 32.7 Å². The SMILES string of the molecule is C=CCOC(=O)c1cccc(OCc2ccc(Cl)cc2Cl)c1. The van der Waals surface area contributed by atoms with Crippen molar-refractivity contribution in [3.63, 3.8) is 0 Å². The first-order valence-corrected chi connectivity index (χ1v) is 7.30. The molecule has 0 amide bonds. The molecule has 0 bridgehead atoms. The maximum atomic E-state index is 11.8. The van der Waals surface area contributed by atoms with E-state index in [2.05, 4.69) is 6.58 Å². The molecule has 5 heteroatoms. The smallest absolute Gasteiger partial charge is 0.338 e. The molecule has 22 heavy (non-hydrogen) atoms. The van der Waals surface area contributed by atoms with Gasteiger partial charge in [0.1, 0.15) is 19.0 Å². The van der Waals surface area contributed by atoms with Gasteiger partial charge in [0.25, 0.3) is 0 Å². The minimum atomic E-state index is -0.421. The highest BCUT2D eigenvalue weighted by atomic mass is 35.5. The molecule has 2 rings (SSSR count). The zero-order valence-electron chi connectivity index (χ0n) is 11.7. The number of esters is 1. The second-order valence-electron chi connectivity index (χ2n) is 4.44. The van der Waals surface area contributed by atoms with Gasteiger partial charge in [0, 0.05) is 15.6 Å². The van der Waals surface area contributed by atoms with Gasteiger partial charge in [-0.15, -0.1) is 0 Å². The quantitative estimate of drug-likeness (QED) is 0.555.